The molecule has 2 aliphatic heterocycles. The molecule has 1 atom stereocenters. The van der Waals surface area contributed by atoms with E-state index in [4.69, 9.17) is 5.73 Å². The number of H-pyrrole nitrogens is 1. The molecule has 1 amide bonds. The Morgan fingerprint density at radius 2 is 2.00 bits per heavy atom. The van der Waals surface area contributed by atoms with Crippen molar-refractivity contribution in [1.29, 1.82) is 0 Å². The lowest BCUT2D eigenvalue weighted by Crippen LogP contribution is -2.46. The highest BCUT2D eigenvalue weighted by Gasteiger charge is 2.32. The van der Waals surface area contributed by atoms with Gasteiger partial charge in [0.05, 0.1) is 0 Å². The summed E-state index contributed by atoms with van der Waals surface area (Å²) in [6, 6.07) is 4.01. The van der Waals surface area contributed by atoms with E-state index >= 15 is 0 Å². The Morgan fingerprint density at radius 3 is 2.71 bits per heavy atom. The van der Waals surface area contributed by atoms with Gasteiger partial charge in [-0.3, -0.25) is 14.5 Å². The number of carbonyl (C=O) groups excluding carboxylic acids is 1. The molecule has 1 aromatic heterocycles. The van der Waals surface area contributed by atoms with Crippen LogP contribution in [0.25, 0.3) is 0 Å². The van der Waals surface area contributed by atoms with E-state index < -0.39 is 0 Å². The summed E-state index contributed by atoms with van der Waals surface area (Å²) in [6.45, 7) is 3.46. The fourth-order valence-electron chi connectivity index (χ4n) is 3.27. The maximum Gasteiger partial charge on any atom is 0.260 e. The summed E-state index contributed by atoms with van der Waals surface area (Å²) in [4.78, 5) is 30.9. The number of carbonyl (C=O) groups is 1. The molecule has 0 spiro atoms. The van der Waals surface area contributed by atoms with Crippen molar-refractivity contribution in [3.05, 3.63) is 34.2 Å². The Hall–Kier alpha value is -1.66. The zero-order valence-electron chi connectivity index (χ0n) is 12.1. The number of aromatic nitrogens is 1. The van der Waals surface area contributed by atoms with Crippen molar-refractivity contribution in [3.8, 4) is 0 Å². The van der Waals surface area contributed by atoms with Crippen molar-refractivity contribution in [1.82, 2.24) is 14.8 Å². The topological polar surface area (TPSA) is 82.4 Å². The summed E-state index contributed by atoms with van der Waals surface area (Å²) in [5, 5.41) is 0. The minimum absolute atomic E-state index is 0.159. The number of piperidine rings is 1. The number of hydrogen-bond donors (Lipinski definition) is 2. The SMILES string of the molecule is NC1CCN(C2CCN(C(=O)c3ccc[nH]c3=O)C2)CC1. The van der Waals surface area contributed by atoms with Crippen LogP contribution in [0.3, 0.4) is 0 Å². The van der Waals surface area contributed by atoms with Crippen molar-refractivity contribution in [2.24, 2.45) is 5.73 Å². The third-order valence-corrected chi connectivity index (χ3v) is 4.59. The van der Waals surface area contributed by atoms with Crippen LogP contribution in [0, 0.1) is 0 Å². The monoisotopic (exact) mass is 290 g/mol. The van der Waals surface area contributed by atoms with Crippen LogP contribution in [-0.2, 0) is 0 Å². The zero-order valence-corrected chi connectivity index (χ0v) is 12.1. The average Bonchev–Trinajstić information content (AvgIpc) is 2.98. The summed E-state index contributed by atoms with van der Waals surface area (Å²) in [5.41, 5.74) is 5.86. The number of nitrogens with two attached hydrogens (primary N) is 1. The number of pyridine rings is 1. The van der Waals surface area contributed by atoms with Crippen molar-refractivity contribution >= 4 is 5.91 Å². The second-order valence-electron chi connectivity index (χ2n) is 5.98. The first-order chi connectivity index (χ1) is 10.1. The fourth-order valence-corrected chi connectivity index (χ4v) is 3.27. The van der Waals surface area contributed by atoms with Crippen LogP contribution in [0.5, 0.6) is 0 Å². The van der Waals surface area contributed by atoms with Crippen molar-refractivity contribution in [2.45, 2.75) is 31.3 Å². The molecule has 3 N–H and O–H groups in total. The lowest BCUT2D eigenvalue weighted by molar-refractivity contribution is 0.0767. The van der Waals surface area contributed by atoms with Gasteiger partial charge in [0, 0.05) is 31.4 Å². The van der Waals surface area contributed by atoms with Crippen LogP contribution < -0.4 is 11.3 Å². The molecule has 0 bridgehead atoms. The van der Waals surface area contributed by atoms with E-state index in [0.29, 0.717) is 18.6 Å². The third kappa shape index (κ3) is 3.01. The number of likely N-dealkylation sites (tertiary alicyclic amines) is 2. The van der Waals surface area contributed by atoms with E-state index in [2.05, 4.69) is 9.88 Å². The number of hydrogen-bond acceptors (Lipinski definition) is 4. The number of rotatable bonds is 2. The molecule has 114 valence electrons. The molecule has 0 saturated carbocycles. The fraction of sp³-hybridized carbons (Fsp3) is 0.600. The minimum atomic E-state index is -0.310. The summed E-state index contributed by atoms with van der Waals surface area (Å²) in [7, 11) is 0. The molecule has 2 fully saturated rings. The van der Waals surface area contributed by atoms with Gasteiger partial charge in [0.25, 0.3) is 11.5 Å². The molecular formula is C15H22N4O2. The third-order valence-electron chi connectivity index (χ3n) is 4.59. The zero-order chi connectivity index (χ0) is 14.8. The van der Waals surface area contributed by atoms with Crippen molar-refractivity contribution in [2.75, 3.05) is 26.2 Å². The van der Waals surface area contributed by atoms with Gasteiger partial charge in [-0.25, -0.2) is 0 Å². The van der Waals surface area contributed by atoms with Crippen LogP contribution in [0.2, 0.25) is 0 Å². The summed E-state index contributed by atoms with van der Waals surface area (Å²) >= 11 is 0. The largest absolute Gasteiger partial charge is 0.337 e. The van der Waals surface area contributed by atoms with Gasteiger partial charge in [-0.15, -0.1) is 0 Å². The summed E-state index contributed by atoms with van der Waals surface area (Å²) in [6.07, 6.45) is 4.58. The van der Waals surface area contributed by atoms with E-state index in [-0.39, 0.29) is 17.0 Å². The van der Waals surface area contributed by atoms with Crippen LogP contribution in [0.15, 0.2) is 23.1 Å². The van der Waals surface area contributed by atoms with Gasteiger partial charge in [-0.2, -0.15) is 0 Å². The Bertz CT molecular complexity index is 563. The minimum Gasteiger partial charge on any atom is -0.337 e. The van der Waals surface area contributed by atoms with Gasteiger partial charge >= 0.3 is 0 Å². The highest BCUT2D eigenvalue weighted by Crippen LogP contribution is 2.20. The maximum absolute atomic E-state index is 12.4. The molecular weight excluding hydrogens is 268 g/mol. The van der Waals surface area contributed by atoms with Crippen molar-refractivity contribution in [3.63, 3.8) is 0 Å². The molecule has 2 aliphatic rings. The number of amides is 1. The van der Waals surface area contributed by atoms with E-state index in [1.807, 2.05) is 0 Å². The van der Waals surface area contributed by atoms with Crippen LogP contribution in [0.1, 0.15) is 29.6 Å². The first-order valence-corrected chi connectivity index (χ1v) is 7.62. The summed E-state index contributed by atoms with van der Waals surface area (Å²) < 4.78 is 0. The van der Waals surface area contributed by atoms with Crippen LogP contribution in [0.4, 0.5) is 0 Å². The van der Waals surface area contributed by atoms with Crippen LogP contribution in [-0.4, -0.2) is 59.0 Å². The molecule has 1 unspecified atom stereocenters. The van der Waals surface area contributed by atoms with Gasteiger partial charge in [0.15, 0.2) is 0 Å². The van der Waals surface area contributed by atoms with Crippen molar-refractivity contribution < 1.29 is 4.79 Å². The number of aromatic amines is 1. The predicted molar refractivity (Wildman–Crippen MR) is 80.2 cm³/mol. The molecule has 6 heteroatoms. The second kappa shape index (κ2) is 5.99. The van der Waals surface area contributed by atoms with Gasteiger partial charge in [-0.05, 0) is 44.5 Å². The summed E-state index contributed by atoms with van der Waals surface area (Å²) in [5.74, 6) is -0.159. The molecule has 1 aromatic rings. The smallest absolute Gasteiger partial charge is 0.260 e. The normalized spacial score (nSPS) is 24.4. The average molecular weight is 290 g/mol. The van der Waals surface area contributed by atoms with Gasteiger partial charge < -0.3 is 15.6 Å². The highest BCUT2D eigenvalue weighted by atomic mass is 16.2. The van der Waals surface area contributed by atoms with Gasteiger partial charge in [0.1, 0.15) is 5.56 Å². The highest BCUT2D eigenvalue weighted by molar-refractivity contribution is 5.94. The standard InChI is InChI=1S/C15H22N4O2/c16-11-3-7-18(8-4-11)12-5-9-19(10-12)15(21)13-2-1-6-17-14(13)20/h1-2,6,11-12H,3-5,7-10,16H2,(H,17,20). The predicted octanol–water partition coefficient (Wildman–Crippen LogP) is 0.0125. The van der Waals surface area contributed by atoms with Crippen LogP contribution >= 0.6 is 0 Å². The first-order valence-electron chi connectivity index (χ1n) is 7.62. The molecule has 0 radical (unpaired) electrons. The maximum atomic E-state index is 12.4. The first kappa shape index (κ1) is 14.3. The Labute approximate surface area is 123 Å². The molecule has 0 aliphatic carbocycles. The van der Waals surface area contributed by atoms with E-state index in [1.165, 1.54) is 0 Å². The van der Waals surface area contributed by atoms with E-state index in [1.54, 1.807) is 23.2 Å². The quantitative estimate of drug-likeness (QED) is 0.804. The molecule has 3 heterocycles. The molecule has 0 aromatic carbocycles. The number of nitrogens with zero attached hydrogens (tertiary/aromatic N) is 2. The Balaban J connectivity index is 1.63. The van der Waals surface area contributed by atoms with Gasteiger partial charge in [-0.1, -0.05) is 0 Å². The van der Waals surface area contributed by atoms with E-state index in [9.17, 15) is 9.59 Å². The molecule has 2 saturated heterocycles. The second-order valence-corrected chi connectivity index (χ2v) is 5.98. The Kier molecular flexibility index (Phi) is 4.07. The molecule has 6 nitrogen and oxygen atoms in total. The number of nitrogens with one attached hydrogen (secondary N) is 1. The lowest BCUT2D eigenvalue weighted by Gasteiger charge is -2.34. The van der Waals surface area contributed by atoms with E-state index in [0.717, 1.165) is 38.9 Å². The molecule has 3 rings (SSSR count). The van der Waals surface area contributed by atoms with Gasteiger partial charge in [0.2, 0.25) is 0 Å². The Morgan fingerprint density at radius 1 is 1.24 bits per heavy atom. The molecule has 21 heavy (non-hydrogen) atoms. The lowest BCUT2D eigenvalue weighted by atomic mass is 10.0.